The van der Waals surface area contributed by atoms with Gasteiger partial charge in [-0.05, 0) is 164 Å². The number of nitrogens with one attached hydrogen (secondary N) is 2. The van der Waals surface area contributed by atoms with E-state index in [-0.39, 0.29) is 36.4 Å². The molecule has 0 aromatic heterocycles. The van der Waals surface area contributed by atoms with E-state index in [1.807, 2.05) is 0 Å². The lowest BCUT2D eigenvalue weighted by molar-refractivity contribution is -0.151. The largest absolute Gasteiger partial charge is 0.481 e. The zero-order valence-electron chi connectivity index (χ0n) is 33.6. The number of ether oxygens (including phenoxy) is 2. The molecule has 0 aromatic carbocycles. The lowest BCUT2D eigenvalue weighted by Crippen LogP contribution is -2.47. The fraction of sp³-hybridized carbons (Fsp3) is 0.930. The number of aliphatic carboxylic acids is 2. The van der Waals surface area contributed by atoms with Gasteiger partial charge in [0.1, 0.15) is 0 Å². The van der Waals surface area contributed by atoms with Crippen molar-refractivity contribution in [3.05, 3.63) is 0 Å². The van der Waals surface area contributed by atoms with Crippen molar-refractivity contribution in [1.29, 1.82) is 0 Å². The third-order valence-corrected chi connectivity index (χ3v) is 15.2. The van der Waals surface area contributed by atoms with E-state index >= 15 is 0 Å². The Morgan fingerprint density at radius 1 is 0.545 bits per heavy atom. The molecule has 0 heterocycles. The minimum absolute atomic E-state index is 0.0630. The highest BCUT2D eigenvalue weighted by molar-refractivity contribution is 5.85. The van der Waals surface area contributed by atoms with Crippen LogP contribution < -0.4 is 10.8 Å². The van der Waals surface area contributed by atoms with Crippen molar-refractivity contribution in [2.75, 3.05) is 6.61 Å². The Labute approximate surface area is 328 Å². The topological polar surface area (TPSA) is 184 Å². The van der Waals surface area contributed by atoms with Gasteiger partial charge in [-0.2, -0.15) is 5.48 Å². The van der Waals surface area contributed by atoms with E-state index in [0.717, 1.165) is 83.0 Å². The van der Waals surface area contributed by atoms with E-state index in [4.69, 9.17) is 14.3 Å². The maximum absolute atomic E-state index is 13.0. The van der Waals surface area contributed by atoms with Gasteiger partial charge < -0.3 is 40.1 Å². The Hall–Kier alpha value is -1.83. The summed E-state index contributed by atoms with van der Waals surface area (Å²) < 4.78 is 13.3. The molecule has 12 nitrogen and oxygen atoms in total. The lowest BCUT2D eigenvalue weighted by Gasteiger charge is -2.47. The highest BCUT2D eigenvalue weighted by Crippen LogP contribution is 2.49. The Morgan fingerprint density at radius 3 is 1.47 bits per heavy atom. The normalized spacial score (nSPS) is 40.6. The number of rotatable bonds is 14. The first-order valence-corrected chi connectivity index (χ1v) is 22.2. The molecule has 55 heavy (non-hydrogen) atoms. The summed E-state index contributed by atoms with van der Waals surface area (Å²) in [5.41, 5.74) is 3.51. The number of aliphatic hydroxyl groups excluding tert-OH is 2. The van der Waals surface area contributed by atoms with Crippen molar-refractivity contribution in [3.63, 3.8) is 0 Å². The zero-order valence-corrected chi connectivity index (χ0v) is 33.6. The molecule has 0 spiro atoms. The molecule has 0 aromatic rings. The van der Waals surface area contributed by atoms with Crippen molar-refractivity contribution in [1.82, 2.24) is 10.8 Å². The number of carbonyl (C=O) groups is 3. The average molecular weight is 777 g/mol. The van der Waals surface area contributed by atoms with E-state index in [2.05, 4.69) is 24.6 Å². The molecule has 1 amide bonds. The van der Waals surface area contributed by atoms with Crippen LogP contribution >= 0.6 is 0 Å². The van der Waals surface area contributed by atoms with Crippen LogP contribution in [-0.2, 0) is 28.7 Å². The quantitative estimate of drug-likeness (QED) is 0.111. The molecular weight excluding hydrogens is 704 g/mol. The summed E-state index contributed by atoms with van der Waals surface area (Å²) >= 11 is 0. The van der Waals surface area contributed by atoms with Gasteiger partial charge in [0.25, 0.3) is 0 Å². The number of hydroxylamine groups is 1. The maximum Gasteiger partial charge on any atom is 0.307 e. The van der Waals surface area contributed by atoms with Gasteiger partial charge in [-0.1, -0.05) is 13.8 Å². The number of carboxylic acid groups (broad SMARTS) is 2. The predicted octanol–water partition coefficient (Wildman–Crippen LogP) is 6.15. The molecule has 6 N–H and O–H groups in total. The number of carboxylic acids is 2. The standard InChI is InChI=1S/C43H72N2O10/c1-43(2,27-4-14-33(15-5-27)54-35-18-8-29(9-19-35)44-40(48)37-22-13-32(47)24-39(37)42(51)52)28-6-16-34(17-7-28)55-36-20-10-30(11-21-36)45-53-25-26-3-12-31(46)23-38(26)41(49)50/h26-39,45-47H,3-25H2,1-2H3,(H,44,48)(H,49,50)(H,51,52). The van der Waals surface area contributed by atoms with Crippen molar-refractivity contribution < 1.29 is 49.1 Å². The lowest BCUT2D eigenvalue weighted by atomic mass is 9.60. The highest BCUT2D eigenvalue weighted by Gasteiger charge is 2.43. The molecule has 6 unspecified atom stereocenters. The smallest absolute Gasteiger partial charge is 0.307 e. The van der Waals surface area contributed by atoms with E-state index in [0.29, 0.717) is 68.4 Å². The number of carbonyl (C=O) groups excluding carboxylic acids is 1. The molecule has 314 valence electrons. The summed E-state index contributed by atoms with van der Waals surface area (Å²) in [7, 11) is 0. The number of hydrogen-bond acceptors (Lipinski definition) is 9. The van der Waals surface area contributed by atoms with Crippen LogP contribution in [0.4, 0.5) is 0 Å². The average Bonchev–Trinajstić information content (AvgIpc) is 3.17. The molecule has 6 aliphatic rings. The van der Waals surface area contributed by atoms with Crippen LogP contribution in [0.5, 0.6) is 0 Å². The summed E-state index contributed by atoms with van der Waals surface area (Å²) in [5.74, 6) is -2.55. The van der Waals surface area contributed by atoms with Gasteiger partial charge in [-0.25, -0.2) is 0 Å². The minimum Gasteiger partial charge on any atom is -0.481 e. The molecular formula is C43H72N2O10. The second-order valence-corrected chi connectivity index (χ2v) is 19.1. The third kappa shape index (κ3) is 11.6. The van der Waals surface area contributed by atoms with Gasteiger partial charge in [0.05, 0.1) is 61.0 Å². The van der Waals surface area contributed by atoms with Gasteiger partial charge >= 0.3 is 11.9 Å². The molecule has 6 atom stereocenters. The molecule has 0 bridgehead atoms. The van der Waals surface area contributed by atoms with E-state index in [9.17, 15) is 34.8 Å². The number of hydrogen-bond donors (Lipinski definition) is 6. The van der Waals surface area contributed by atoms with E-state index in [1.165, 1.54) is 25.7 Å². The molecule has 6 fully saturated rings. The van der Waals surface area contributed by atoms with Crippen molar-refractivity contribution >= 4 is 17.8 Å². The first kappa shape index (κ1) is 42.8. The Morgan fingerprint density at radius 2 is 0.982 bits per heavy atom. The Balaban J connectivity index is 0.825. The van der Waals surface area contributed by atoms with Crippen LogP contribution in [0.2, 0.25) is 0 Å². The van der Waals surface area contributed by atoms with Gasteiger partial charge in [0, 0.05) is 12.1 Å². The van der Waals surface area contributed by atoms with Crippen molar-refractivity contribution in [3.8, 4) is 0 Å². The minimum atomic E-state index is -0.992. The maximum atomic E-state index is 13.0. The zero-order chi connectivity index (χ0) is 39.1. The van der Waals surface area contributed by atoms with Crippen LogP contribution in [-0.4, -0.2) is 93.6 Å². The van der Waals surface area contributed by atoms with Crippen LogP contribution in [0.1, 0.15) is 155 Å². The second kappa shape index (κ2) is 19.7. The number of amides is 1. The van der Waals surface area contributed by atoms with Gasteiger partial charge in [-0.15, -0.1) is 0 Å². The summed E-state index contributed by atoms with van der Waals surface area (Å²) in [4.78, 5) is 42.2. The van der Waals surface area contributed by atoms with Gasteiger partial charge in [0.2, 0.25) is 5.91 Å². The number of aliphatic hydroxyl groups is 2. The SMILES string of the molecule is CC(C)(C1CCC(OC2CCC(NOCC3CCC(O)CC3C(=O)O)CC2)CC1)C1CCC(OC2CCC(NC(=O)C3CCC(O)CC3C(=O)O)CC2)CC1. The van der Waals surface area contributed by atoms with Crippen LogP contribution in [0, 0.1) is 40.9 Å². The molecule has 0 radical (unpaired) electrons. The van der Waals surface area contributed by atoms with E-state index in [1.54, 1.807) is 0 Å². The van der Waals surface area contributed by atoms with Crippen molar-refractivity contribution in [2.45, 2.75) is 204 Å². The van der Waals surface area contributed by atoms with Gasteiger partial charge in [0.15, 0.2) is 0 Å². The first-order chi connectivity index (χ1) is 26.3. The molecule has 0 saturated heterocycles. The highest BCUT2D eigenvalue weighted by atomic mass is 16.6. The fourth-order valence-corrected chi connectivity index (χ4v) is 11.5. The van der Waals surface area contributed by atoms with Crippen LogP contribution in [0.3, 0.4) is 0 Å². The molecule has 0 aliphatic heterocycles. The van der Waals surface area contributed by atoms with Crippen molar-refractivity contribution in [2.24, 2.45) is 40.9 Å². The fourth-order valence-electron chi connectivity index (χ4n) is 11.5. The molecule has 6 aliphatic carbocycles. The summed E-state index contributed by atoms with van der Waals surface area (Å²) in [5, 5.41) is 42.1. The second-order valence-electron chi connectivity index (χ2n) is 19.1. The summed E-state index contributed by atoms with van der Waals surface area (Å²) in [6.07, 6.45) is 19.7. The molecule has 6 saturated carbocycles. The Kier molecular flexibility index (Phi) is 15.4. The molecule has 6 rings (SSSR count). The van der Waals surface area contributed by atoms with Gasteiger partial charge in [-0.3, -0.25) is 14.4 Å². The Bertz CT molecular complexity index is 1230. The third-order valence-electron chi connectivity index (χ3n) is 15.2. The predicted molar refractivity (Wildman–Crippen MR) is 206 cm³/mol. The first-order valence-electron chi connectivity index (χ1n) is 22.2. The van der Waals surface area contributed by atoms with Crippen LogP contribution in [0.25, 0.3) is 0 Å². The summed E-state index contributed by atoms with van der Waals surface area (Å²) in [6, 6.07) is 0.333. The summed E-state index contributed by atoms with van der Waals surface area (Å²) in [6.45, 7) is 5.38. The van der Waals surface area contributed by atoms with Crippen LogP contribution in [0.15, 0.2) is 0 Å². The monoisotopic (exact) mass is 777 g/mol. The van der Waals surface area contributed by atoms with E-state index < -0.39 is 41.9 Å². The molecule has 12 heteroatoms.